The fourth-order valence-electron chi connectivity index (χ4n) is 2.16. The van der Waals surface area contributed by atoms with E-state index < -0.39 is 15.4 Å². The van der Waals surface area contributed by atoms with E-state index in [-0.39, 0.29) is 0 Å². The molecule has 0 rings (SSSR count). The van der Waals surface area contributed by atoms with Crippen molar-refractivity contribution in [2.75, 3.05) is 46.6 Å². The first-order valence-electron chi connectivity index (χ1n) is 8.45. The maximum absolute atomic E-state index is 5.99. The highest BCUT2D eigenvalue weighted by atomic mass is 28.3. The maximum Gasteiger partial charge on any atom is 0.404 e. The van der Waals surface area contributed by atoms with Crippen LogP contribution in [0.15, 0.2) is 0 Å². The molecule has 1 unspecified atom stereocenters. The number of rotatable bonds is 15. The highest BCUT2D eigenvalue weighted by Crippen LogP contribution is 2.21. The van der Waals surface area contributed by atoms with Gasteiger partial charge in [-0.15, -0.1) is 0 Å². The average molecular weight is 338 g/mol. The quantitative estimate of drug-likeness (QED) is 0.338. The Kier molecular flexibility index (Phi) is 13.4. The van der Waals surface area contributed by atoms with Crippen LogP contribution in [0.5, 0.6) is 0 Å². The van der Waals surface area contributed by atoms with Crippen molar-refractivity contribution in [3.8, 4) is 0 Å². The van der Waals surface area contributed by atoms with Gasteiger partial charge in [0.1, 0.15) is 0 Å². The predicted octanol–water partition coefficient (Wildman–Crippen LogP) is 2.32. The van der Waals surface area contributed by atoms with Gasteiger partial charge in [-0.1, -0.05) is 13.8 Å². The van der Waals surface area contributed by atoms with Crippen molar-refractivity contribution in [3.05, 3.63) is 0 Å². The Balaban J connectivity index is 4.54. The molecule has 7 heteroatoms. The van der Waals surface area contributed by atoms with Gasteiger partial charge in [0.05, 0.1) is 19.8 Å². The van der Waals surface area contributed by atoms with E-state index in [0.717, 1.165) is 32.1 Å². The molecule has 0 aliphatic heterocycles. The SMILES string of the molecule is CCOC(OCC)(OCC)O[SiH](CCCN(CC)CC)OC. The summed E-state index contributed by atoms with van der Waals surface area (Å²) in [6, 6.07) is 0.891. The molecule has 0 aromatic heterocycles. The monoisotopic (exact) mass is 337 g/mol. The molecule has 0 heterocycles. The molecule has 0 aliphatic rings. The van der Waals surface area contributed by atoms with Gasteiger partial charge in [-0.05, 0) is 52.9 Å². The molecular formula is C15H35NO5Si. The number of ether oxygens (including phenoxy) is 3. The summed E-state index contributed by atoms with van der Waals surface area (Å²) < 4.78 is 28.3. The van der Waals surface area contributed by atoms with E-state index in [1.807, 2.05) is 20.8 Å². The van der Waals surface area contributed by atoms with Crippen LogP contribution >= 0.6 is 0 Å². The van der Waals surface area contributed by atoms with Crippen molar-refractivity contribution < 1.29 is 23.1 Å². The number of nitrogens with zero attached hydrogens (tertiary/aromatic N) is 1. The number of hydrogen-bond acceptors (Lipinski definition) is 6. The Morgan fingerprint density at radius 3 is 1.73 bits per heavy atom. The summed E-state index contributed by atoms with van der Waals surface area (Å²) in [5.41, 5.74) is 0. The first-order valence-corrected chi connectivity index (χ1v) is 10.2. The second kappa shape index (κ2) is 13.4. The van der Waals surface area contributed by atoms with E-state index in [0.29, 0.717) is 19.8 Å². The summed E-state index contributed by atoms with van der Waals surface area (Å²) in [6.45, 7) is 14.5. The third kappa shape index (κ3) is 8.57. The van der Waals surface area contributed by atoms with Gasteiger partial charge in [-0.25, -0.2) is 0 Å². The normalized spacial score (nSPS) is 13.8. The maximum atomic E-state index is 5.99. The lowest BCUT2D eigenvalue weighted by Gasteiger charge is -2.33. The summed E-state index contributed by atoms with van der Waals surface area (Å²) in [4.78, 5) is 2.39. The molecule has 0 aromatic rings. The summed E-state index contributed by atoms with van der Waals surface area (Å²) in [5.74, 6) is 0. The van der Waals surface area contributed by atoms with Crippen molar-refractivity contribution in [1.29, 1.82) is 0 Å². The zero-order chi connectivity index (χ0) is 16.8. The summed E-state index contributed by atoms with van der Waals surface area (Å²) in [7, 11) is -0.232. The first-order chi connectivity index (χ1) is 10.6. The molecule has 0 bridgehead atoms. The molecular weight excluding hydrogens is 302 g/mol. The lowest BCUT2D eigenvalue weighted by atomic mass is 10.4. The topological polar surface area (TPSA) is 49.4 Å². The molecule has 0 aliphatic carbocycles. The molecule has 0 radical (unpaired) electrons. The van der Waals surface area contributed by atoms with Crippen molar-refractivity contribution in [2.45, 2.75) is 53.2 Å². The highest BCUT2D eigenvalue weighted by Gasteiger charge is 2.38. The van der Waals surface area contributed by atoms with Crippen molar-refractivity contribution in [1.82, 2.24) is 4.90 Å². The van der Waals surface area contributed by atoms with E-state index in [1.165, 1.54) is 0 Å². The Bertz CT molecular complexity index is 237. The minimum Gasteiger partial charge on any atom is -0.400 e. The molecule has 0 amide bonds. The number of hydrogen-bond donors (Lipinski definition) is 0. The molecule has 6 nitrogen and oxygen atoms in total. The fourth-order valence-corrected chi connectivity index (χ4v) is 3.66. The largest absolute Gasteiger partial charge is 0.404 e. The van der Waals surface area contributed by atoms with Gasteiger partial charge in [0.2, 0.25) is 0 Å². The van der Waals surface area contributed by atoms with Crippen molar-refractivity contribution in [2.24, 2.45) is 0 Å². The molecule has 22 heavy (non-hydrogen) atoms. The van der Waals surface area contributed by atoms with Crippen LogP contribution in [0.3, 0.4) is 0 Å². The molecule has 134 valence electrons. The van der Waals surface area contributed by atoms with E-state index in [1.54, 1.807) is 7.11 Å². The zero-order valence-corrected chi connectivity index (χ0v) is 16.4. The third-order valence-corrected chi connectivity index (χ3v) is 5.27. The van der Waals surface area contributed by atoms with Gasteiger partial charge in [-0.2, -0.15) is 0 Å². The standard InChI is InChI=1S/C15H35NO5Si/c1-7-16(8-2)13-12-14-22(17-6)21-15(18-9-3,19-10-4)20-11-5/h22H,7-14H2,1-6H3. The third-order valence-electron chi connectivity index (χ3n) is 3.31. The molecule has 0 aromatic carbocycles. The predicted molar refractivity (Wildman–Crippen MR) is 90.1 cm³/mol. The van der Waals surface area contributed by atoms with Gasteiger partial charge in [0.25, 0.3) is 0 Å². The molecule has 0 fully saturated rings. The Labute approximate surface area is 137 Å². The molecule has 1 atom stereocenters. The molecule has 0 saturated heterocycles. The van der Waals surface area contributed by atoms with Crippen molar-refractivity contribution >= 4 is 9.28 Å². The minimum absolute atomic E-state index is 0.449. The zero-order valence-electron chi connectivity index (χ0n) is 15.2. The average Bonchev–Trinajstić information content (AvgIpc) is 2.51. The van der Waals surface area contributed by atoms with E-state index >= 15 is 0 Å². The van der Waals surface area contributed by atoms with Gasteiger partial charge in [0, 0.05) is 7.11 Å². The smallest absolute Gasteiger partial charge is 0.400 e. The van der Waals surface area contributed by atoms with E-state index in [2.05, 4.69) is 18.7 Å². The van der Waals surface area contributed by atoms with Crippen LogP contribution in [-0.4, -0.2) is 66.9 Å². The Morgan fingerprint density at radius 1 is 0.864 bits per heavy atom. The van der Waals surface area contributed by atoms with Crippen LogP contribution in [0.2, 0.25) is 6.04 Å². The van der Waals surface area contributed by atoms with Crippen LogP contribution in [0.1, 0.15) is 41.0 Å². The van der Waals surface area contributed by atoms with Gasteiger partial charge in [0.15, 0.2) is 0 Å². The van der Waals surface area contributed by atoms with Crippen LogP contribution < -0.4 is 0 Å². The van der Waals surface area contributed by atoms with E-state index in [9.17, 15) is 0 Å². The second-order valence-electron chi connectivity index (χ2n) is 4.75. The minimum atomic E-state index is -1.92. The Hall–Kier alpha value is -0.0231. The first kappa shape index (κ1) is 22.0. The summed E-state index contributed by atoms with van der Waals surface area (Å²) >= 11 is 0. The second-order valence-corrected chi connectivity index (χ2v) is 6.89. The highest BCUT2D eigenvalue weighted by molar-refractivity contribution is 6.44. The van der Waals surface area contributed by atoms with Crippen LogP contribution in [0.4, 0.5) is 0 Å². The van der Waals surface area contributed by atoms with Crippen LogP contribution in [0.25, 0.3) is 0 Å². The van der Waals surface area contributed by atoms with Gasteiger partial charge in [-0.3, -0.25) is 0 Å². The lowest BCUT2D eigenvalue weighted by molar-refractivity contribution is -0.473. The van der Waals surface area contributed by atoms with Crippen LogP contribution in [0, 0.1) is 0 Å². The molecule has 0 N–H and O–H groups in total. The summed E-state index contributed by atoms with van der Waals surface area (Å²) in [6.07, 6.45) is -0.382. The Morgan fingerprint density at radius 2 is 1.36 bits per heavy atom. The van der Waals surface area contributed by atoms with Crippen molar-refractivity contribution in [3.63, 3.8) is 0 Å². The van der Waals surface area contributed by atoms with Crippen LogP contribution in [-0.2, 0) is 23.1 Å². The summed E-state index contributed by atoms with van der Waals surface area (Å²) in [5, 5.41) is 0. The van der Waals surface area contributed by atoms with Gasteiger partial charge < -0.3 is 28.0 Å². The van der Waals surface area contributed by atoms with E-state index in [4.69, 9.17) is 23.1 Å². The fraction of sp³-hybridized carbons (Fsp3) is 1.00. The molecule has 0 saturated carbocycles. The van der Waals surface area contributed by atoms with Gasteiger partial charge >= 0.3 is 15.4 Å². The molecule has 0 spiro atoms. The lowest BCUT2D eigenvalue weighted by Crippen LogP contribution is -2.47.